The van der Waals surface area contributed by atoms with Crippen molar-refractivity contribution in [1.29, 1.82) is 0 Å². The van der Waals surface area contributed by atoms with Crippen LogP contribution in [0, 0.1) is 6.92 Å². The van der Waals surface area contributed by atoms with Gasteiger partial charge in [0, 0.05) is 28.4 Å². The van der Waals surface area contributed by atoms with Crippen molar-refractivity contribution in [2.75, 3.05) is 5.43 Å². The molecule has 0 unspecified atom stereocenters. The molecule has 0 fully saturated rings. The summed E-state index contributed by atoms with van der Waals surface area (Å²) in [7, 11) is 0. The van der Waals surface area contributed by atoms with Crippen LogP contribution in [0.1, 0.15) is 15.2 Å². The second-order valence-corrected chi connectivity index (χ2v) is 8.14. The zero-order valence-electron chi connectivity index (χ0n) is 16.5. The lowest BCUT2D eigenvalue weighted by atomic mass is 10.0. The van der Waals surface area contributed by atoms with Gasteiger partial charge in [0.2, 0.25) is 0 Å². The summed E-state index contributed by atoms with van der Waals surface area (Å²) >= 11 is 1.47. The SMILES string of the molecule is Cc1sc2ncn(NC(=O)c3ccc(-n4cccn4)cc3)c(=O)c2c1-c1ccccc1. The van der Waals surface area contributed by atoms with Crippen LogP contribution < -0.4 is 11.0 Å². The zero-order valence-corrected chi connectivity index (χ0v) is 17.3. The van der Waals surface area contributed by atoms with Gasteiger partial charge in [-0.05, 0) is 42.8 Å². The third kappa shape index (κ3) is 3.43. The molecule has 2 aromatic carbocycles. The highest BCUT2D eigenvalue weighted by molar-refractivity contribution is 7.19. The van der Waals surface area contributed by atoms with Crippen LogP contribution in [0.4, 0.5) is 0 Å². The molecule has 3 aromatic heterocycles. The fourth-order valence-electron chi connectivity index (χ4n) is 3.50. The maximum Gasteiger partial charge on any atom is 0.281 e. The molecule has 0 saturated heterocycles. The molecule has 8 heteroatoms. The first-order chi connectivity index (χ1) is 15.1. The molecular formula is C23H17N5O2S. The third-order valence-corrected chi connectivity index (χ3v) is 5.98. The van der Waals surface area contributed by atoms with Gasteiger partial charge in [0.1, 0.15) is 11.2 Å². The summed E-state index contributed by atoms with van der Waals surface area (Å²) in [4.78, 5) is 32.0. The number of hydrogen-bond donors (Lipinski definition) is 1. The van der Waals surface area contributed by atoms with E-state index in [1.54, 1.807) is 35.1 Å². The number of fused-ring (bicyclic) bond motifs is 1. The van der Waals surface area contributed by atoms with Gasteiger partial charge in [0.05, 0.1) is 11.1 Å². The van der Waals surface area contributed by atoms with E-state index in [2.05, 4.69) is 15.5 Å². The van der Waals surface area contributed by atoms with Crippen molar-refractivity contribution in [3.05, 3.63) is 100 Å². The summed E-state index contributed by atoms with van der Waals surface area (Å²) in [5, 5.41) is 4.67. The number of thiophene rings is 1. The van der Waals surface area contributed by atoms with Crippen LogP contribution in [-0.4, -0.2) is 25.3 Å². The van der Waals surface area contributed by atoms with Crippen molar-refractivity contribution in [3.63, 3.8) is 0 Å². The predicted octanol–water partition coefficient (Wildman–Crippen LogP) is 4.00. The van der Waals surface area contributed by atoms with Crippen molar-refractivity contribution >= 4 is 27.5 Å². The first kappa shape index (κ1) is 19.0. The normalized spacial score (nSPS) is 11.0. The van der Waals surface area contributed by atoms with Gasteiger partial charge >= 0.3 is 0 Å². The molecule has 7 nitrogen and oxygen atoms in total. The van der Waals surface area contributed by atoms with E-state index in [-0.39, 0.29) is 5.56 Å². The highest BCUT2D eigenvalue weighted by Crippen LogP contribution is 2.35. The number of aromatic nitrogens is 4. The van der Waals surface area contributed by atoms with E-state index in [4.69, 9.17) is 0 Å². The lowest BCUT2D eigenvalue weighted by molar-refractivity contribution is 0.101. The number of amides is 1. The van der Waals surface area contributed by atoms with Crippen LogP contribution in [0.3, 0.4) is 0 Å². The molecule has 5 aromatic rings. The summed E-state index contributed by atoms with van der Waals surface area (Å²) in [5.74, 6) is -0.400. The number of benzene rings is 2. The average molecular weight is 427 g/mol. The van der Waals surface area contributed by atoms with E-state index in [1.165, 1.54) is 17.7 Å². The standard InChI is InChI=1S/C23H17N5O2S/c1-15-19(16-6-3-2-4-7-16)20-22(31-15)24-14-28(23(20)30)26-21(29)17-8-10-18(11-9-17)27-13-5-12-25-27/h2-14H,1H3,(H,26,29). The van der Waals surface area contributed by atoms with Gasteiger partial charge in [-0.3, -0.25) is 15.0 Å². The minimum Gasteiger partial charge on any atom is -0.267 e. The van der Waals surface area contributed by atoms with Gasteiger partial charge in [-0.1, -0.05) is 30.3 Å². The van der Waals surface area contributed by atoms with E-state index >= 15 is 0 Å². The van der Waals surface area contributed by atoms with Gasteiger partial charge in [-0.25, -0.2) is 14.3 Å². The minimum atomic E-state index is -0.400. The number of nitrogens with zero attached hydrogens (tertiary/aromatic N) is 4. The van der Waals surface area contributed by atoms with Crippen molar-refractivity contribution in [2.24, 2.45) is 0 Å². The van der Waals surface area contributed by atoms with Crippen LogP contribution >= 0.6 is 11.3 Å². The maximum atomic E-state index is 13.2. The number of hydrogen-bond acceptors (Lipinski definition) is 5. The van der Waals surface area contributed by atoms with Crippen molar-refractivity contribution in [3.8, 4) is 16.8 Å². The molecule has 0 atom stereocenters. The number of aryl methyl sites for hydroxylation is 1. The van der Waals surface area contributed by atoms with Gasteiger partial charge in [-0.15, -0.1) is 11.3 Å². The molecule has 0 aliphatic rings. The lowest BCUT2D eigenvalue weighted by Crippen LogP contribution is -2.33. The molecule has 0 bridgehead atoms. The molecule has 31 heavy (non-hydrogen) atoms. The fourth-order valence-corrected chi connectivity index (χ4v) is 4.50. The summed E-state index contributed by atoms with van der Waals surface area (Å²) < 4.78 is 2.85. The van der Waals surface area contributed by atoms with Gasteiger partial charge < -0.3 is 0 Å². The Morgan fingerprint density at radius 3 is 2.52 bits per heavy atom. The lowest BCUT2D eigenvalue weighted by Gasteiger charge is -2.09. The van der Waals surface area contributed by atoms with Crippen molar-refractivity contribution in [1.82, 2.24) is 19.4 Å². The third-order valence-electron chi connectivity index (χ3n) is 4.97. The van der Waals surface area contributed by atoms with Crippen LogP contribution in [-0.2, 0) is 0 Å². The maximum absolute atomic E-state index is 13.2. The largest absolute Gasteiger partial charge is 0.281 e. The number of carbonyl (C=O) groups is 1. The van der Waals surface area contributed by atoms with E-state index in [0.717, 1.165) is 26.4 Å². The van der Waals surface area contributed by atoms with Gasteiger partial charge in [0.25, 0.3) is 11.5 Å². The molecule has 152 valence electrons. The molecule has 0 aliphatic carbocycles. The summed E-state index contributed by atoms with van der Waals surface area (Å²) in [6.07, 6.45) is 4.86. The summed E-state index contributed by atoms with van der Waals surface area (Å²) in [6, 6.07) is 18.5. The highest BCUT2D eigenvalue weighted by atomic mass is 32.1. The molecule has 1 amide bonds. The molecule has 0 radical (unpaired) electrons. The van der Waals surface area contributed by atoms with E-state index in [9.17, 15) is 9.59 Å². The Morgan fingerprint density at radius 1 is 1.03 bits per heavy atom. The summed E-state index contributed by atoms with van der Waals surface area (Å²) in [5.41, 5.74) is 5.39. The molecule has 5 rings (SSSR count). The highest BCUT2D eigenvalue weighted by Gasteiger charge is 2.18. The van der Waals surface area contributed by atoms with Crippen LogP contribution in [0.15, 0.2) is 84.2 Å². The van der Waals surface area contributed by atoms with Crippen LogP contribution in [0.25, 0.3) is 27.0 Å². The molecule has 0 saturated carbocycles. The van der Waals surface area contributed by atoms with E-state index in [0.29, 0.717) is 15.8 Å². The fraction of sp³-hybridized carbons (Fsp3) is 0.0435. The Bertz CT molecular complexity index is 1440. The number of nitrogens with one attached hydrogen (secondary N) is 1. The topological polar surface area (TPSA) is 81.8 Å². The first-order valence-electron chi connectivity index (χ1n) is 9.59. The number of rotatable bonds is 4. The molecule has 0 spiro atoms. The van der Waals surface area contributed by atoms with E-state index in [1.807, 2.05) is 49.5 Å². The molecule has 1 N–H and O–H groups in total. The minimum absolute atomic E-state index is 0.310. The first-order valence-corrected chi connectivity index (χ1v) is 10.4. The van der Waals surface area contributed by atoms with Crippen molar-refractivity contribution in [2.45, 2.75) is 6.92 Å². The van der Waals surface area contributed by atoms with Gasteiger partial charge in [-0.2, -0.15) is 5.10 Å². The zero-order chi connectivity index (χ0) is 21.4. The molecule has 3 heterocycles. The Hall–Kier alpha value is -4.04. The van der Waals surface area contributed by atoms with Crippen molar-refractivity contribution < 1.29 is 4.79 Å². The quantitative estimate of drug-likeness (QED) is 0.470. The van der Waals surface area contributed by atoms with Gasteiger partial charge in [0.15, 0.2) is 0 Å². The predicted molar refractivity (Wildman–Crippen MR) is 121 cm³/mol. The molecular weight excluding hydrogens is 410 g/mol. The Labute approximate surface area is 181 Å². The Balaban J connectivity index is 1.49. The second kappa shape index (κ2) is 7.66. The number of carbonyl (C=O) groups excluding carboxylic acids is 1. The Kier molecular flexibility index (Phi) is 4.68. The molecule has 0 aliphatic heterocycles. The smallest absolute Gasteiger partial charge is 0.267 e. The van der Waals surface area contributed by atoms with Crippen LogP contribution in [0.5, 0.6) is 0 Å². The summed E-state index contributed by atoms with van der Waals surface area (Å²) in [6.45, 7) is 1.97. The van der Waals surface area contributed by atoms with E-state index < -0.39 is 5.91 Å². The van der Waals surface area contributed by atoms with Crippen LogP contribution in [0.2, 0.25) is 0 Å². The second-order valence-electron chi connectivity index (χ2n) is 6.94. The average Bonchev–Trinajstić information content (AvgIpc) is 3.44. The monoisotopic (exact) mass is 427 g/mol. The Morgan fingerprint density at radius 2 is 1.81 bits per heavy atom.